The number of aryl methyl sites for hydroxylation is 4. The number of nitrogens with zero attached hydrogens (tertiary/aromatic N) is 2. The predicted octanol–water partition coefficient (Wildman–Crippen LogP) is 4.04. The van der Waals surface area contributed by atoms with Gasteiger partial charge in [-0.15, -0.1) is 29.8 Å². The van der Waals surface area contributed by atoms with Crippen LogP contribution in [0.1, 0.15) is 38.6 Å². The molecule has 6 nitrogen and oxygen atoms in total. The van der Waals surface area contributed by atoms with E-state index in [2.05, 4.69) is 22.6 Å². The van der Waals surface area contributed by atoms with Crippen LogP contribution in [0.5, 0.6) is 0 Å². The predicted molar refractivity (Wildman–Crippen MR) is 116 cm³/mol. The number of primary amides is 1. The van der Waals surface area contributed by atoms with Crippen molar-refractivity contribution in [1.82, 2.24) is 9.97 Å². The van der Waals surface area contributed by atoms with Crippen LogP contribution in [0.15, 0.2) is 36.9 Å². The molecule has 3 rings (SSSR count). The van der Waals surface area contributed by atoms with Gasteiger partial charge in [0.1, 0.15) is 5.69 Å². The molecule has 0 bridgehead atoms. The average molecular weight is 489 g/mol. The van der Waals surface area contributed by atoms with Gasteiger partial charge in [0, 0.05) is 43.8 Å². The molecule has 1 amide bonds. The van der Waals surface area contributed by atoms with Gasteiger partial charge < -0.3 is 10.8 Å². The van der Waals surface area contributed by atoms with Gasteiger partial charge in [0.05, 0.1) is 17.1 Å². The van der Waals surface area contributed by atoms with E-state index in [0.717, 1.165) is 27.8 Å². The Hall–Kier alpha value is -2.70. The summed E-state index contributed by atoms with van der Waals surface area (Å²) in [5.41, 5.74) is 12.7. The molecular weight excluding hydrogens is 467 g/mol. The number of carboxylic acids is 1. The Balaban J connectivity index is 0.00000341. The second kappa shape index (κ2) is 9.62. The van der Waals surface area contributed by atoms with E-state index in [1.54, 1.807) is 19.1 Å². The van der Waals surface area contributed by atoms with Crippen LogP contribution in [0.25, 0.3) is 28.0 Å². The first-order valence-electron chi connectivity index (χ1n) is 9.31. The minimum atomic E-state index is -1.06. The number of nitrogens with two attached hydrogens (primary N) is 1. The van der Waals surface area contributed by atoms with Crippen molar-refractivity contribution in [2.45, 2.75) is 27.7 Å². The van der Waals surface area contributed by atoms with Crippen molar-refractivity contribution >= 4 is 17.4 Å². The van der Waals surface area contributed by atoms with Crippen LogP contribution in [0.3, 0.4) is 0 Å². The van der Waals surface area contributed by atoms with Gasteiger partial charge in [0.25, 0.3) is 5.91 Å². The molecule has 0 aliphatic carbocycles. The summed E-state index contributed by atoms with van der Waals surface area (Å²) in [5.74, 6) is -1.67. The third-order valence-electron chi connectivity index (χ3n) is 4.97. The van der Waals surface area contributed by atoms with Crippen molar-refractivity contribution in [3.8, 4) is 22.4 Å². The van der Waals surface area contributed by atoms with Crippen LogP contribution in [-0.2, 0) is 37.5 Å². The molecule has 155 valence electrons. The van der Waals surface area contributed by atoms with Gasteiger partial charge in [-0.05, 0) is 27.7 Å². The Morgan fingerprint density at radius 2 is 1.65 bits per heavy atom. The molecule has 0 atom stereocenters. The van der Waals surface area contributed by atoms with E-state index in [4.69, 9.17) is 10.8 Å². The summed E-state index contributed by atoms with van der Waals surface area (Å²) >= 11 is 0. The van der Waals surface area contributed by atoms with E-state index in [0.29, 0.717) is 22.6 Å². The molecule has 3 N–H and O–H groups in total. The molecule has 0 saturated carbocycles. The number of aliphatic carboxylic acids is 1. The summed E-state index contributed by atoms with van der Waals surface area (Å²) in [6.07, 6.45) is 0. The van der Waals surface area contributed by atoms with Gasteiger partial charge in [-0.1, -0.05) is 41.0 Å². The number of aromatic nitrogens is 2. The van der Waals surface area contributed by atoms with E-state index < -0.39 is 11.9 Å². The van der Waals surface area contributed by atoms with Crippen molar-refractivity contribution in [3.63, 3.8) is 0 Å². The van der Waals surface area contributed by atoms with E-state index in [1.165, 1.54) is 0 Å². The summed E-state index contributed by atoms with van der Waals surface area (Å²) < 4.78 is 0. The Bertz CT molecular complexity index is 1180. The Kier molecular flexibility index (Phi) is 7.63. The van der Waals surface area contributed by atoms with E-state index in [9.17, 15) is 9.59 Å². The number of hydrogen-bond donors (Lipinski definition) is 2. The molecule has 0 unspecified atom stereocenters. The second-order valence-corrected chi connectivity index (χ2v) is 7.22. The van der Waals surface area contributed by atoms with Crippen molar-refractivity contribution in [2.75, 3.05) is 0 Å². The fourth-order valence-electron chi connectivity index (χ4n) is 3.55. The van der Waals surface area contributed by atoms with Crippen LogP contribution >= 0.6 is 0 Å². The number of carbonyl (C=O) groups is 2. The van der Waals surface area contributed by atoms with Gasteiger partial charge in [-0.2, -0.15) is 0 Å². The normalized spacial score (nSPS) is 10.3. The van der Waals surface area contributed by atoms with Crippen molar-refractivity contribution in [1.29, 1.82) is 0 Å². The third-order valence-corrected chi connectivity index (χ3v) is 4.97. The van der Waals surface area contributed by atoms with E-state index in [-0.39, 0.29) is 44.0 Å². The molecule has 0 aliphatic rings. The minimum Gasteiger partial charge on any atom is -0.478 e. The Morgan fingerprint density at radius 3 is 2.13 bits per heavy atom. The number of amides is 1. The fourth-order valence-corrected chi connectivity index (χ4v) is 3.55. The van der Waals surface area contributed by atoms with Crippen LogP contribution in [0, 0.1) is 33.8 Å². The molecule has 31 heavy (non-hydrogen) atoms. The van der Waals surface area contributed by atoms with Crippen molar-refractivity contribution < 1.29 is 47.4 Å². The van der Waals surface area contributed by atoms with Crippen molar-refractivity contribution in [2.24, 2.45) is 5.73 Å². The van der Waals surface area contributed by atoms with Crippen LogP contribution < -0.4 is 5.73 Å². The monoisotopic (exact) mass is 489 g/mol. The average Bonchev–Trinajstić information content (AvgIpc) is 2.67. The summed E-state index contributed by atoms with van der Waals surface area (Å²) in [5, 5.41) is 9.09. The Morgan fingerprint density at radius 1 is 1.03 bits per heavy atom. The molecule has 0 spiro atoms. The molecule has 1 heterocycles. The number of benzene rings is 2. The number of carbonyl (C=O) groups excluding carboxylic acids is 1. The maximum absolute atomic E-state index is 11.7. The molecular formula is C24H22N3O3Y-. The number of rotatable bonds is 5. The van der Waals surface area contributed by atoms with Crippen LogP contribution in [-0.4, -0.2) is 27.0 Å². The van der Waals surface area contributed by atoms with Gasteiger partial charge >= 0.3 is 5.97 Å². The topological polar surface area (TPSA) is 106 Å². The summed E-state index contributed by atoms with van der Waals surface area (Å²) in [7, 11) is 0. The van der Waals surface area contributed by atoms with Crippen LogP contribution in [0.4, 0.5) is 0 Å². The van der Waals surface area contributed by atoms with Gasteiger partial charge in [-0.3, -0.25) is 9.78 Å². The maximum atomic E-state index is 11.7. The largest absolute Gasteiger partial charge is 0.478 e. The first kappa shape index (κ1) is 24.6. The molecule has 1 aromatic heterocycles. The zero-order chi connectivity index (χ0) is 22.2. The molecule has 0 fully saturated rings. The molecule has 7 heteroatoms. The summed E-state index contributed by atoms with van der Waals surface area (Å²) in [6.45, 7) is 11.1. The van der Waals surface area contributed by atoms with E-state index in [1.807, 2.05) is 39.0 Å². The minimum absolute atomic E-state index is 0. The number of carboxylic acid groups (broad SMARTS) is 1. The summed E-state index contributed by atoms with van der Waals surface area (Å²) in [6, 6.07) is 12.3. The molecule has 3 aromatic rings. The van der Waals surface area contributed by atoms with Crippen LogP contribution in [0.2, 0.25) is 0 Å². The zero-order valence-corrected chi connectivity index (χ0v) is 20.7. The van der Waals surface area contributed by atoms with Crippen molar-refractivity contribution in [3.05, 3.63) is 76.7 Å². The number of hydrogen-bond acceptors (Lipinski definition) is 4. The molecule has 1 radical (unpaired) electrons. The smallest absolute Gasteiger partial charge is 0.326 e. The maximum Gasteiger partial charge on any atom is 0.326 e. The third kappa shape index (κ3) is 4.97. The standard InChI is InChI=1S/C24H22N3O3.Y/c1-12-10-19(21-15(4)26-16(5)22(27-21)23(25)28)11-13(2)20(12)18-8-6-17(7-9-18)14(3)24(29)30;/h6-8,10-11H,3H2,1-2,4-5H3,(H2,25,28)(H,29,30);/q-1;. The molecule has 0 aliphatic heterocycles. The SMILES string of the molecule is C=C(C(=O)O)c1c[c-]c(-c2c(C)cc(-c3nc(C(N)=O)c(C)nc3C)cc2C)cc1.[Y]. The fraction of sp³-hybridized carbons (Fsp3) is 0.167. The summed E-state index contributed by atoms with van der Waals surface area (Å²) in [4.78, 5) is 31.7. The first-order chi connectivity index (χ1) is 14.1. The quantitative estimate of drug-likeness (QED) is 0.416. The Labute approximate surface area is 206 Å². The van der Waals surface area contributed by atoms with Gasteiger partial charge in [0.15, 0.2) is 0 Å². The van der Waals surface area contributed by atoms with Gasteiger partial charge in [0.2, 0.25) is 0 Å². The van der Waals surface area contributed by atoms with Gasteiger partial charge in [-0.25, -0.2) is 9.78 Å². The van der Waals surface area contributed by atoms with E-state index >= 15 is 0 Å². The first-order valence-corrected chi connectivity index (χ1v) is 9.31. The molecule has 0 saturated heterocycles. The second-order valence-electron chi connectivity index (χ2n) is 7.22. The molecule has 2 aromatic carbocycles. The zero-order valence-electron chi connectivity index (χ0n) is 17.9.